The molecule has 1 nitrogen and oxygen atoms in total. The summed E-state index contributed by atoms with van der Waals surface area (Å²) in [5.41, 5.74) is 0.603. The highest BCUT2D eigenvalue weighted by Crippen LogP contribution is 2.23. The molecule has 1 unspecified atom stereocenters. The fourth-order valence-electron chi connectivity index (χ4n) is 1.98. The lowest BCUT2D eigenvalue weighted by Crippen LogP contribution is -2.32. The van der Waals surface area contributed by atoms with Gasteiger partial charge in [0.1, 0.15) is 11.6 Å². The van der Waals surface area contributed by atoms with E-state index in [0.29, 0.717) is 12.0 Å². The average molecular weight is 241 g/mol. The van der Waals surface area contributed by atoms with Crippen LogP contribution in [0.15, 0.2) is 18.2 Å². The summed E-state index contributed by atoms with van der Waals surface area (Å²) in [4.78, 5) is 0. The van der Waals surface area contributed by atoms with Crippen molar-refractivity contribution in [3.8, 4) is 0 Å². The number of rotatable bonds is 4. The number of hydrogen-bond donors (Lipinski definition) is 1. The molecular weight excluding hydrogens is 220 g/mol. The topological polar surface area (TPSA) is 12.0 Å². The monoisotopic (exact) mass is 241 g/mol. The van der Waals surface area contributed by atoms with Gasteiger partial charge in [-0.3, -0.25) is 0 Å². The Morgan fingerprint density at radius 3 is 2.41 bits per heavy atom. The van der Waals surface area contributed by atoms with E-state index in [4.69, 9.17) is 0 Å². The van der Waals surface area contributed by atoms with Crippen LogP contribution in [0, 0.1) is 17.0 Å². The Hall–Kier alpha value is -0.960. The van der Waals surface area contributed by atoms with Crippen LogP contribution >= 0.6 is 0 Å². The van der Waals surface area contributed by atoms with E-state index in [2.05, 4.69) is 26.1 Å². The summed E-state index contributed by atoms with van der Waals surface area (Å²) in [5, 5.41) is 3.16. The van der Waals surface area contributed by atoms with Crippen LogP contribution in [0.5, 0.6) is 0 Å². The van der Waals surface area contributed by atoms with Crippen LogP contribution in [0.4, 0.5) is 8.78 Å². The smallest absolute Gasteiger partial charge is 0.126 e. The Morgan fingerprint density at radius 2 is 1.88 bits per heavy atom. The molecule has 0 spiro atoms. The SMILES string of the molecule is CNC(Cc1cc(F)ccc1F)CC(C)(C)C. The molecule has 0 aliphatic rings. The molecule has 96 valence electrons. The van der Waals surface area contributed by atoms with Crippen LogP contribution in [-0.4, -0.2) is 13.1 Å². The molecule has 0 saturated heterocycles. The Labute approximate surface area is 102 Å². The van der Waals surface area contributed by atoms with Gasteiger partial charge >= 0.3 is 0 Å². The summed E-state index contributed by atoms with van der Waals surface area (Å²) in [6.07, 6.45) is 1.43. The third kappa shape index (κ3) is 4.82. The Balaban J connectivity index is 2.77. The van der Waals surface area contributed by atoms with E-state index >= 15 is 0 Å². The van der Waals surface area contributed by atoms with Crippen molar-refractivity contribution in [2.45, 2.75) is 39.7 Å². The largest absolute Gasteiger partial charge is 0.317 e. The lowest BCUT2D eigenvalue weighted by Gasteiger charge is -2.26. The minimum atomic E-state index is -0.382. The van der Waals surface area contributed by atoms with Gasteiger partial charge in [-0.1, -0.05) is 20.8 Å². The zero-order valence-electron chi connectivity index (χ0n) is 11.0. The molecule has 0 amide bonds. The minimum absolute atomic E-state index is 0.159. The molecule has 1 aromatic rings. The van der Waals surface area contributed by atoms with Crippen molar-refractivity contribution in [3.05, 3.63) is 35.4 Å². The van der Waals surface area contributed by atoms with Crippen molar-refractivity contribution < 1.29 is 8.78 Å². The van der Waals surface area contributed by atoms with Gasteiger partial charge in [0, 0.05) is 6.04 Å². The molecule has 1 aromatic carbocycles. The molecule has 0 aliphatic heterocycles. The first-order valence-electron chi connectivity index (χ1n) is 5.93. The molecule has 0 aliphatic carbocycles. The summed E-state index contributed by atoms with van der Waals surface area (Å²) in [6.45, 7) is 6.41. The summed E-state index contributed by atoms with van der Waals surface area (Å²) in [7, 11) is 1.85. The first-order valence-corrected chi connectivity index (χ1v) is 5.93. The van der Waals surface area contributed by atoms with Gasteiger partial charge in [-0.05, 0) is 49.1 Å². The van der Waals surface area contributed by atoms with E-state index in [1.165, 1.54) is 12.1 Å². The number of nitrogens with one attached hydrogen (secondary N) is 1. The van der Waals surface area contributed by atoms with Gasteiger partial charge in [-0.25, -0.2) is 8.78 Å². The molecule has 3 heteroatoms. The summed E-state index contributed by atoms with van der Waals surface area (Å²) < 4.78 is 26.6. The lowest BCUT2D eigenvalue weighted by molar-refractivity contribution is 0.314. The average Bonchev–Trinajstić information content (AvgIpc) is 2.20. The fraction of sp³-hybridized carbons (Fsp3) is 0.571. The molecule has 1 atom stereocenters. The Morgan fingerprint density at radius 1 is 1.24 bits per heavy atom. The molecular formula is C14H21F2N. The van der Waals surface area contributed by atoms with Crippen molar-refractivity contribution >= 4 is 0 Å². The quantitative estimate of drug-likeness (QED) is 0.850. The van der Waals surface area contributed by atoms with E-state index in [9.17, 15) is 8.78 Å². The Bertz CT molecular complexity index is 369. The highest BCUT2D eigenvalue weighted by atomic mass is 19.1. The van der Waals surface area contributed by atoms with Crippen LogP contribution < -0.4 is 5.32 Å². The zero-order chi connectivity index (χ0) is 13.1. The first-order chi connectivity index (χ1) is 7.81. The van der Waals surface area contributed by atoms with Gasteiger partial charge in [0.05, 0.1) is 0 Å². The van der Waals surface area contributed by atoms with Gasteiger partial charge in [0.15, 0.2) is 0 Å². The van der Waals surface area contributed by atoms with Crippen molar-refractivity contribution in [2.75, 3.05) is 7.05 Å². The molecule has 17 heavy (non-hydrogen) atoms. The maximum Gasteiger partial charge on any atom is 0.126 e. The van der Waals surface area contributed by atoms with E-state index < -0.39 is 0 Å². The van der Waals surface area contributed by atoms with Crippen LogP contribution in [0.3, 0.4) is 0 Å². The van der Waals surface area contributed by atoms with Gasteiger partial charge < -0.3 is 5.32 Å². The van der Waals surface area contributed by atoms with Crippen LogP contribution in [0.2, 0.25) is 0 Å². The summed E-state index contributed by atoms with van der Waals surface area (Å²) in [6, 6.07) is 3.78. The number of halogens is 2. The second-order valence-corrected chi connectivity index (χ2v) is 5.69. The predicted octanol–water partition coefficient (Wildman–Crippen LogP) is 3.53. The molecule has 0 radical (unpaired) electrons. The van der Waals surface area contributed by atoms with Crippen molar-refractivity contribution in [3.63, 3.8) is 0 Å². The van der Waals surface area contributed by atoms with Crippen molar-refractivity contribution in [1.29, 1.82) is 0 Å². The molecule has 0 aromatic heterocycles. The molecule has 0 heterocycles. The van der Waals surface area contributed by atoms with Crippen molar-refractivity contribution in [2.24, 2.45) is 5.41 Å². The minimum Gasteiger partial charge on any atom is -0.317 e. The Kier molecular flexibility index (Phi) is 4.63. The van der Waals surface area contributed by atoms with E-state index in [0.717, 1.165) is 12.5 Å². The normalized spacial score (nSPS) is 13.8. The van der Waals surface area contributed by atoms with Gasteiger partial charge in [-0.2, -0.15) is 0 Å². The first kappa shape index (κ1) is 14.1. The highest BCUT2D eigenvalue weighted by molar-refractivity contribution is 5.19. The van der Waals surface area contributed by atoms with Crippen molar-refractivity contribution in [1.82, 2.24) is 5.32 Å². The standard InChI is InChI=1S/C14H21F2N/c1-14(2,3)9-12(17-4)8-10-7-11(15)5-6-13(10)16/h5-7,12,17H,8-9H2,1-4H3. The van der Waals surface area contributed by atoms with Gasteiger partial charge in [-0.15, -0.1) is 0 Å². The predicted molar refractivity (Wildman–Crippen MR) is 67.0 cm³/mol. The molecule has 0 saturated carbocycles. The molecule has 1 N–H and O–H groups in total. The summed E-state index contributed by atoms with van der Waals surface area (Å²) in [5.74, 6) is -0.715. The number of hydrogen-bond acceptors (Lipinski definition) is 1. The second kappa shape index (κ2) is 5.58. The summed E-state index contributed by atoms with van der Waals surface area (Å²) >= 11 is 0. The number of likely N-dealkylation sites (N-methyl/N-ethyl adjacent to an activating group) is 1. The van der Waals surface area contributed by atoms with Gasteiger partial charge in [0.25, 0.3) is 0 Å². The third-order valence-electron chi connectivity index (χ3n) is 2.74. The second-order valence-electron chi connectivity index (χ2n) is 5.69. The number of benzene rings is 1. The van der Waals surface area contributed by atoms with Crippen LogP contribution in [-0.2, 0) is 6.42 Å². The van der Waals surface area contributed by atoms with E-state index in [-0.39, 0.29) is 23.1 Å². The highest BCUT2D eigenvalue weighted by Gasteiger charge is 2.19. The maximum absolute atomic E-state index is 13.5. The van der Waals surface area contributed by atoms with Crippen LogP contribution in [0.1, 0.15) is 32.8 Å². The zero-order valence-corrected chi connectivity index (χ0v) is 11.0. The van der Waals surface area contributed by atoms with Crippen LogP contribution in [0.25, 0.3) is 0 Å². The molecule has 1 rings (SSSR count). The maximum atomic E-state index is 13.5. The lowest BCUT2D eigenvalue weighted by atomic mass is 9.86. The molecule has 0 bridgehead atoms. The molecule has 0 fully saturated rings. The van der Waals surface area contributed by atoms with Gasteiger partial charge in [0.2, 0.25) is 0 Å². The van der Waals surface area contributed by atoms with E-state index in [1.807, 2.05) is 7.05 Å². The van der Waals surface area contributed by atoms with E-state index in [1.54, 1.807) is 0 Å². The fourth-order valence-corrected chi connectivity index (χ4v) is 1.98. The third-order valence-corrected chi connectivity index (χ3v) is 2.74.